The molecule has 0 radical (unpaired) electrons. The van der Waals surface area contributed by atoms with E-state index in [0.717, 1.165) is 24.0 Å². The lowest BCUT2D eigenvalue weighted by molar-refractivity contribution is -0.384. The molecule has 2 aliphatic heterocycles. The number of unbranched alkanes of at least 4 members (excludes halogenated alkanes) is 2. The topological polar surface area (TPSA) is 210 Å². The number of nitro benzene ring substituents is 1. The molecule has 6 atom stereocenters. The summed E-state index contributed by atoms with van der Waals surface area (Å²) in [5.41, 5.74) is 1.92. The standard InChI is InChI=1S/C49H60N4O13/c1-6-24-62-49-43(52(29-31-14-20-41-42(25-31)61-30-60-41)47(57)64-34-17-15-33(16-18-34)53(58)59)28-39(51-66-48(3,4)5)37-26-32(12-8-10-22-54)36(13-9-11-23-55)44(45(37)49)38-27-35(19-21-40(38)65-49)63-46(56)50-7-2/h6,14-21,25-27,32,36,43-45,54-55H,1,7-13,22-24,28-30H2,2-5H3,(H,50,56)/t32-,36+,43-,44+,45+,49+/m0/s1. The van der Waals surface area contributed by atoms with E-state index in [1.165, 1.54) is 29.2 Å². The van der Waals surface area contributed by atoms with Crippen LogP contribution in [0.4, 0.5) is 15.3 Å². The van der Waals surface area contributed by atoms with Crippen LogP contribution >= 0.6 is 0 Å². The van der Waals surface area contributed by atoms with E-state index >= 15 is 4.79 Å². The van der Waals surface area contributed by atoms with Gasteiger partial charge in [0.1, 0.15) is 28.9 Å². The zero-order chi connectivity index (χ0) is 47.0. The number of benzene rings is 3. The summed E-state index contributed by atoms with van der Waals surface area (Å²) in [6.45, 7) is 11.9. The molecule has 7 rings (SSSR count). The van der Waals surface area contributed by atoms with Crippen LogP contribution in [0.2, 0.25) is 0 Å². The molecule has 3 aromatic rings. The summed E-state index contributed by atoms with van der Waals surface area (Å²) >= 11 is 0. The number of aliphatic hydroxyl groups excluding tert-OH is 2. The largest absolute Gasteiger partial charge is 0.459 e. The van der Waals surface area contributed by atoms with Gasteiger partial charge < -0.3 is 48.8 Å². The van der Waals surface area contributed by atoms with Crippen LogP contribution in [-0.2, 0) is 16.1 Å². The molecule has 66 heavy (non-hydrogen) atoms. The average Bonchev–Trinajstić information content (AvgIpc) is 3.76. The van der Waals surface area contributed by atoms with Gasteiger partial charge in [0.15, 0.2) is 11.5 Å². The minimum Gasteiger partial charge on any atom is -0.459 e. The smallest absolute Gasteiger partial charge is 0.416 e. The first kappa shape index (κ1) is 47.8. The summed E-state index contributed by atoms with van der Waals surface area (Å²) in [5, 5.41) is 39.0. The molecule has 3 N–H and O–H groups in total. The van der Waals surface area contributed by atoms with Gasteiger partial charge in [0, 0.05) is 56.3 Å². The molecular formula is C49H60N4O13. The molecule has 0 unspecified atom stereocenters. The number of nitrogens with one attached hydrogen (secondary N) is 1. The van der Waals surface area contributed by atoms with Crippen molar-refractivity contribution in [2.24, 2.45) is 22.9 Å². The molecule has 0 bridgehead atoms. The van der Waals surface area contributed by atoms with E-state index in [-0.39, 0.29) is 62.9 Å². The van der Waals surface area contributed by atoms with E-state index in [2.05, 4.69) is 18.0 Å². The van der Waals surface area contributed by atoms with Crippen molar-refractivity contribution in [2.75, 3.05) is 33.2 Å². The SMILES string of the molecule is C=CCO[C@@]12Oc3ccc(OC(=O)NCC)cc3[C@H]3[C@H](CCCCO)[C@@H](CCCCO)C=C(C(=NOC(C)(C)C)C[C@@H]1N(Cc1ccc4c(c1)OCO4)C(=O)Oc1ccc([N+](=O)[O-])cc1)[C@H]32. The monoisotopic (exact) mass is 912 g/mol. The quantitative estimate of drug-likeness (QED) is 0.0446. The Bertz CT molecular complexity index is 2290. The number of hydrogen-bond acceptors (Lipinski definition) is 14. The normalized spacial score (nSPS) is 23.1. The van der Waals surface area contributed by atoms with Gasteiger partial charge in [0.2, 0.25) is 12.6 Å². The number of hydrogen-bond donors (Lipinski definition) is 3. The van der Waals surface area contributed by atoms with Crippen molar-refractivity contribution in [1.29, 1.82) is 0 Å². The van der Waals surface area contributed by atoms with Crippen molar-refractivity contribution in [3.05, 3.63) is 106 Å². The van der Waals surface area contributed by atoms with Gasteiger partial charge in [-0.2, -0.15) is 0 Å². The summed E-state index contributed by atoms with van der Waals surface area (Å²) in [6.07, 6.45) is 6.55. The van der Waals surface area contributed by atoms with Crippen molar-refractivity contribution >= 4 is 23.6 Å². The molecule has 3 aromatic carbocycles. The highest BCUT2D eigenvalue weighted by Gasteiger charge is 2.66. The first-order valence-electron chi connectivity index (χ1n) is 22.6. The van der Waals surface area contributed by atoms with E-state index in [1.54, 1.807) is 37.3 Å². The molecule has 354 valence electrons. The molecule has 1 saturated carbocycles. The molecule has 0 aromatic heterocycles. The molecule has 2 aliphatic carbocycles. The molecule has 4 aliphatic rings. The number of carbonyl (C=O) groups is 2. The number of non-ortho nitro benzene ring substituents is 1. The number of aliphatic hydroxyl groups is 2. The van der Waals surface area contributed by atoms with E-state index in [4.69, 9.17) is 38.4 Å². The maximum Gasteiger partial charge on any atom is 0.416 e. The highest BCUT2D eigenvalue weighted by atomic mass is 16.7. The van der Waals surface area contributed by atoms with Gasteiger partial charge in [0.25, 0.3) is 5.69 Å². The van der Waals surface area contributed by atoms with Crippen molar-refractivity contribution in [2.45, 2.75) is 103 Å². The minimum atomic E-state index is -1.66. The number of rotatable bonds is 19. The summed E-state index contributed by atoms with van der Waals surface area (Å²) in [4.78, 5) is 46.7. The van der Waals surface area contributed by atoms with Crippen LogP contribution in [0.5, 0.6) is 28.7 Å². The summed E-state index contributed by atoms with van der Waals surface area (Å²) < 4.78 is 37.6. The molecular weight excluding hydrogens is 853 g/mol. The van der Waals surface area contributed by atoms with E-state index < -0.39 is 46.4 Å². The molecule has 0 spiro atoms. The fourth-order valence-electron chi connectivity index (χ4n) is 9.52. The fourth-order valence-corrected chi connectivity index (χ4v) is 9.52. The fraction of sp³-hybridized carbons (Fsp3) is 0.490. The van der Waals surface area contributed by atoms with Gasteiger partial charge in [-0.15, -0.1) is 6.58 Å². The Morgan fingerprint density at radius 2 is 1.68 bits per heavy atom. The van der Waals surface area contributed by atoms with Gasteiger partial charge in [-0.25, -0.2) is 9.59 Å². The van der Waals surface area contributed by atoms with Crippen molar-refractivity contribution in [3.63, 3.8) is 0 Å². The van der Waals surface area contributed by atoms with Gasteiger partial charge in [-0.1, -0.05) is 36.2 Å². The number of allylic oxidation sites excluding steroid dienone is 1. The van der Waals surface area contributed by atoms with Gasteiger partial charge in [0.05, 0.1) is 23.2 Å². The molecule has 1 fully saturated rings. The van der Waals surface area contributed by atoms with Crippen molar-refractivity contribution in [3.8, 4) is 28.7 Å². The van der Waals surface area contributed by atoms with Gasteiger partial charge >= 0.3 is 12.2 Å². The number of ether oxygens (including phenoxy) is 6. The van der Waals surface area contributed by atoms with Crippen LogP contribution in [0, 0.1) is 27.9 Å². The highest BCUT2D eigenvalue weighted by Crippen LogP contribution is 2.62. The van der Waals surface area contributed by atoms with E-state index in [1.807, 2.05) is 32.9 Å². The first-order valence-corrected chi connectivity index (χ1v) is 22.6. The highest BCUT2D eigenvalue weighted by molar-refractivity contribution is 6.03. The number of carbonyl (C=O) groups excluding carboxylic acids is 2. The number of nitrogens with zero attached hydrogens (tertiary/aromatic N) is 3. The number of fused-ring (bicyclic) bond motifs is 3. The summed E-state index contributed by atoms with van der Waals surface area (Å²) in [7, 11) is 0. The van der Waals surface area contributed by atoms with Gasteiger partial charge in [-0.3, -0.25) is 15.0 Å². The first-order chi connectivity index (χ1) is 31.8. The lowest BCUT2D eigenvalue weighted by Crippen LogP contribution is -2.70. The maximum atomic E-state index is 15.1. The Morgan fingerprint density at radius 3 is 2.38 bits per heavy atom. The van der Waals surface area contributed by atoms with Crippen molar-refractivity contribution < 1.29 is 58.0 Å². The number of amides is 2. The third-order valence-electron chi connectivity index (χ3n) is 12.3. The minimum absolute atomic E-state index is 0.00998. The average molecular weight is 913 g/mol. The second-order valence-electron chi connectivity index (χ2n) is 17.8. The predicted octanol–water partition coefficient (Wildman–Crippen LogP) is 8.57. The molecule has 17 nitrogen and oxygen atoms in total. The zero-order valence-corrected chi connectivity index (χ0v) is 37.9. The maximum absolute atomic E-state index is 15.1. The van der Waals surface area contributed by atoms with E-state index in [0.29, 0.717) is 66.5 Å². The molecule has 2 heterocycles. The Balaban J connectivity index is 1.47. The van der Waals surface area contributed by atoms with Gasteiger partial charge in [-0.05, 0) is 119 Å². The lowest BCUT2D eigenvalue weighted by atomic mass is 9.55. The van der Waals surface area contributed by atoms with Crippen molar-refractivity contribution in [1.82, 2.24) is 10.2 Å². The number of nitro groups is 1. The van der Waals surface area contributed by atoms with E-state index in [9.17, 15) is 25.1 Å². The number of oxime groups is 1. The Hall–Kier alpha value is -6.17. The third-order valence-corrected chi connectivity index (χ3v) is 12.3. The van der Waals surface area contributed by atoms with Crippen LogP contribution in [-0.4, -0.2) is 88.5 Å². The Labute approximate surface area is 384 Å². The second-order valence-corrected chi connectivity index (χ2v) is 17.8. The zero-order valence-electron chi connectivity index (χ0n) is 37.9. The molecule has 17 heteroatoms. The second kappa shape index (κ2) is 21.0. The summed E-state index contributed by atoms with van der Waals surface area (Å²) in [6, 6.07) is 14.9. The van der Waals surface area contributed by atoms with Crippen LogP contribution in [0.15, 0.2) is 90.1 Å². The lowest BCUT2D eigenvalue weighted by Gasteiger charge is -2.59. The van der Waals surface area contributed by atoms with Crippen LogP contribution in [0.25, 0.3) is 0 Å². The van der Waals surface area contributed by atoms with Crippen LogP contribution in [0.1, 0.15) is 89.7 Å². The Kier molecular flexibility index (Phi) is 15.2. The van der Waals surface area contributed by atoms with Crippen LogP contribution < -0.4 is 29.0 Å². The molecule has 2 amide bonds. The third kappa shape index (κ3) is 10.6. The Morgan fingerprint density at radius 1 is 0.970 bits per heavy atom. The molecule has 0 saturated heterocycles. The predicted molar refractivity (Wildman–Crippen MR) is 243 cm³/mol. The summed E-state index contributed by atoms with van der Waals surface area (Å²) in [5.74, 6) is -0.999. The van der Waals surface area contributed by atoms with Crippen LogP contribution in [0.3, 0.4) is 0 Å².